The third kappa shape index (κ3) is 17.3. The summed E-state index contributed by atoms with van der Waals surface area (Å²) >= 11 is 0. The van der Waals surface area contributed by atoms with E-state index in [9.17, 15) is 28.8 Å². The second kappa shape index (κ2) is 28.3. The van der Waals surface area contributed by atoms with Gasteiger partial charge in [-0.1, -0.05) is 111 Å². The van der Waals surface area contributed by atoms with Gasteiger partial charge in [-0.15, -0.1) is 0 Å². The van der Waals surface area contributed by atoms with Crippen LogP contribution in [-0.4, -0.2) is 72.9 Å². The largest absolute Gasteiger partial charge is 0.462 e. The summed E-state index contributed by atoms with van der Waals surface area (Å²) in [6.07, 6.45) is 9.72. The van der Waals surface area contributed by atoms with Crippen LogP contribution >= 0.6 is 0 Å². The number of rotatable bonds is 27. The highest BCUT2D eigenvalue weighted by Gasteiger charge is 2.51. The van der Waals surface area contributed by atoms with E-state index in [-0.39, 0.29) is 37.5 Å². The van der Waals surface area contributed by atoms with Gasteiger partial charge in [0.25, 0.3) is 0 Å². The zero-order valence-electron chi connectivity index (χ0n) is 41.5. The zero-order chi connectivity index (χ0) is 48.1. The molecule has 12 nitrogen and oxygen atoms in total. The van der Waals surface area contributed by atoms with E-state index >= 15 is 0 Å². The Kier molecular flexibility index (Phi) is 24.1. The Morgan fingerprint density at radius 3 is 1.86 bits per heavy atom. The van der Waals surface area contributed by atoms with Crippen LogP contribution in [0, 0.1) is 29.1 Å². The summed E-state index contributed by atoms with van der Waals surface area (Å²) in [6, 6.07) is 0. The Balaban J connectivity index is 2.00. The molecule has 0 spiro atoms. The van der Waals surface area contributed by atoms with Crippen molar-refractivity contribution in [3.8, 4) is 0 Å². The van der Waals surface area contributed by atoms with Gasteiger partial charge in [-0.3, -0.25) is 24.0 Å². The van der Waals surface area contributed by atoms with Crippen LogP contribution in [0.4, 0.5) is 0 Å². The molecule has 0 radical (unpaired) electrons. The lowest BCUT2D eigenvalue weighted by Gasteiger charge is -2.44. The number of carbonyl (C=O) groups is 6. The minimum Gasteiger partial charge on any atom is -0.462 e. The van der Waals surface area contributed by atoms with Crippen molar-refractivity contribution in [2.45, 2.75) is 228 Å². The molecule has 0 saturated heterocycles. The van der Waals surface area contributed by atoms with Gasteiger partial charge in [0.2, 0.25) is 6.10 Å². The van der Waals surface area contributed by atoms with Gasteiger partial charge in [-0.05, 0) is 112 Å². The van der Waals surface area contributed by atoms with Crippen LogP contribution in [0.3, 0.4) is 0 Å². The van der Waals surface area contributed by atoms with Crippen LogP contribution in [0.2, 0.25) is 0 Å². The maximum absolute atomic E-state index is 14.6. The van der Waals surface area contributed by atoms with Crippen LogP contribution in [-0.2, 0) is 57.2 Å². The van der Waals surface area contributed by atoms with Crippen molar-refractivity contribution >= 4 is 35.8 Å². The SMILES string of the molecule is C=C1CC[C@H](OC(=O)C(OC(=O)CCC)C(OC(=O)CCC)C(OC(=O)CCC)C(COC(=O)CCC)OC(=O)CCC)C/C1=C/C=C1\CCC[C@]2(C)[C@@H](C(C)CCCC(C)C)CC[C@@H]12. The van der Waals surface area contributed by atoms with E-state index in [4.69, 9.17) is 28.4 Å². The highest BCUT2D eigenvalue weighted by molar-refractivity contribution is 5.81. The average molecular weight is 913 g/mol. The molecular weight excluding hydrogens is 829 g/mol. The van der Waals surface area contributed by atoms with Gasteiger partial charge in [-0.2, -0.15) is 0 Å². The first-order chi connectivity index (χ1) is 31.0. The standard InChI is InChI=1S/C53H84O12/c1-11-18-44(54)60-34-43(62-45(55)19-12-2)49(63-46(56)20-13-3)50(64-47(57)21-14-4)51(65-48(58)22-15-5)52(59)61-40-29-26-36(8)39(33-40)28-27-38-25-17-32-53(10)41(30-31-42(38)53)37(9)24-16-23-35(6)7/h27-28,35,37,40-43,49-51H,8,11-26,29-34H2,1-7,9-10H3/b38-27+,39-28-/t37?,40-,41+,42-,43?,49?,50?,51?,53+/m0/s1. The van der Waals surface area contributed by atoms with E-state index in [0.29, 0.717) is 69.1 Å². The highest BCUT2D eigenvalue weighted by Crippen LogP contribution is 2.60. The van der Waals surface area contributed by atoms with Crippen molar-refractivity contribution in [2.75, 3.05) is 6.61 Å². The number of fused-ring (bicyclic) bond motifs is 1. The molecule has 65 heavy (non-hydrogen) atoms. The molecule has 0 heterocycles. The fraction of sp³-hybridized carbons (Fsp3) is 0.774. The maximum atomic E-state index is 14.6. The van der Waals surface area contributed by atoms with Crippen molar-refractivity contribution in [1.29, 1.82) is 0 Å². The number of hydrogen-bond donors (Lipinski definition) is 0. The number of hydrogen-bond acceptors (Lipinski definition) is 12. The predicted octanol–water partition coefficient (Wildman–Crippen LogP) is 11.4. The molecule has 0 amide bonds. The van der Waals surface area contributed by atoms with Gasteiger partial charge >= 0.3 is 35.8 Å². The van der Waals surface area contributed by atoms with Crippen molar-refractivity contribution in [1.82, 2.24) is 0 Å². The van der Waals surface area contributed by atoms with Gasteiger partial charge < -0.3 is 28.4 Å². The van der Waals surface area contributed by atoms with Gasteiger partial charge in [-0.25, -0.2) is 4.79 Å². The fourth-order valence-corrected chi connectivity index (χ4v) is 10.2. The summed E-state index contributed by atoms with van der Waals surface area (Å²) in [4.78, 5) is 80.4. The summed E-state index contributed by atoms with van der Waals surface area (Å²) in [6.45, 7) is 22.2. The van der Waals surface area contributed by atoms with Gasteiger partial charge in [0.1, 0.15) is 12.7 Å². The summed E-state index contributed by atoms with van der Waals surface area (Å²) < 4.78 is 35.2. The Labute approximate surface area is 390 Å². The lowest BCUT2D eigenvalue weighted by Crippen LogP contribution is -2.56. The average Bonchev–Trinajstić information content (AvgIpc) is 3.61. The Morgan fingerprint density at radius 1 is 0.692 bits per heavy atom. The minimum absolute atomic E-state index is 0.0238. The van der Waals surface area contributed by atoms with Crippen molar-refractivity contribution in [2.24, 2.45) is 29.1 Å². The number of allylic oxidation sites excluding steroid dienone is 4. The third-order valence-corrected chi connectivity index (χ3v) is 13.6. The normalized spacial score (nSPS) is 24.3. The van der Waals surface area contributed by atoms with Crippen LogP contribution in [0.1, 0.15) is 197 Å². The number of ether oxygens (including phenoxy) is 6. The Hall–Kier alpha value is -3.96. The van der Waals surface area contributed by atoms with Crippen LogP contribution in [0.25, 0.3) is 0 Å². The van der Waals surface area contributed by atoms with Crippen molar-refractivity contribution in [3.63, 3.8) is 0 Å². The number of carbonyl (C=O) groups excluding carboxylic acids is 6. The van der Waals surface area contributed by atoms with E-state index in [2.05, 4.69) is 46.4 Å². The lowest BCUT2D eigenvalue weighted by atomic mass is 9.60. The fourth-order valence-electron chi connectivity index (χ4n) is 10.2. The quantitative estimate of drug-likeness (QED) is 0.0568. The molecule has 3 aliphatic carbocycles. The summed E-state index contributed by atoms with van der Waals surface area (Å²) in [5.74, 6) is -1.96. The molecule has 9 atom stereocenters. The molecule has 3 rings (SSSR count). The molecule has 3 saturated carbocycles. The summed E-state index contributed by atoms with van der Waals surface area (Å²) in [5, 5.41) is 0. The highest BCUT2D eigenvalue weighted by atomic mass is 16.7. The Bertz CT molecular complexity index is 1640. The minimum atomic E-state index is -1.93. The predicted molar refractivity (Wildman–Crippen MR) is 250 cm³/mol. The number of esters is 6. The lowest BCUT2D eigenvalue weighted by molar-refractivity contribution is -0.212. The molecule has 0 bridgehead atoms. The molecule has 3 fully saturated rings. The molecule has 0 aromatic rings. The van der Waals surface area contributed by atoms with E-state index in [0.717, 1.165) is 29.9 Å². The molecule has 0 aromatic carbocycles. The molecule has 0 aromatic heterocycles. The second-order valence-electron chi connectivity index (χ2n) is 19.5. The van der Waals surface area contributed by atoms with E-state index in [1.54, 1.807) is 34.6 Å². The molecule has 368 valence electrons. The van der Waals surface area contributed by atoms with Crippen molar-refractivity contribution in [3.05, 3.63) is 35.5 Å². The molecule has 5 unspecified atom stereocenters. The molecule has 12 heteroatoms. The summed E-state index contributed by atoms with van der Waals surface area (Å²) in [5.41, 5.74) is 3.69. The van der Waals surface area contributed by atoms with Crippen LogP contribution in [0.5, 0.6) is 0 Å². The molecule has 3 aliphatic rings. The van der Waals surface area contributed by atoms with Crippen LogP contribution in [0.15, 0.2) is 35.5 Å². The monoisotopic (exact) mass is 913 g/mol. The van der Waals surface area contributed by atoms with Gasteiger partial charge in [0.05, 0.1) is 0 Å². The van der Waals surface area contributed by atoms with Gasteiger partial charge in [0, 0.05) is 38.5 Å². The van der Waals surface area contributed by atoms with Crippen molar-refractivity contribution < 1.29 is 57.2 Å². The van der Waals surface area contributed by atoms with E-state index < -0.39 is 72.9 Å². The Morgan fingerprint density at radius 2 is 1.26 bits per heavy atom. The topological polar surface area (TPSA) is 158 Å². The van der Waals surface area contributed by atoms with E-state index in [1.807, 2.05) is 0 Å². The van der Waals surface area contributed by atoms with E-state index in [1.165, 1.54) is 44.1 Å². The first kappa shape index (κ1) is 55.4. The first-order valence-corrected chi connectivity index (χ1v) is 25.2. The molecule has 0 N–H and O–H groups in total. The first-order valence-electron chi connectivity index (χ1n) is 25.2. The van der Waals surface area contributed by atoms with Gasteiger partial charge in [0.15, 0.2) is 18.3 Å². The smallest absolute Gasteiger partial charge is 0.351 e. The molecular formula is C53H84O12. The molecule has 0 aliphatic heterocycles. The second-order valence-corrected chi connectivity index (χ2v) is 19.5. The zero-order valence-corrected chi connectivity index (χ0v) is 41.5. The van der Waals surface area contributed by atoms with Crippen LogP contribution < -0.4 is 0 Å². The third-order valence-electron chi connectivity index (χ3n) is 13.6. The summed E-state index contributed by atoms with van der Waals surface area (Å²) in [7, 11) is 0. The maximum Gasteiger partial charge on any atom is 0.351 e.